The molecule has 1 rings (SSSR count). The monoisotopic (exact) mass is 1100 g/mol. The van der Waals surface area contributed by atoms with Crippen molar-refractivity contribution in [1.82, 2.24) is 29.8 Å². The van der Waals surface area contributed by atoms with Gasteiger partial charge in [-0.25, -0.2) is 0 Å². The van der Waals surface area contributed by atoms with Crippen LogP contribution in [-0.4, -0.2) is 152 Å². The second kappa shape index (κ2) is 54.8. The molecule has 0 aliphatic carbocycles. The van der Waals surface area contributed by atoms with E-state index in [4.69, 9.17) is 10.5 Å². The fourth-order valence-electron chi connectivity index (χ4n) is 10.9. The summed E-state index contributed by atoms with van der Waals surface area (Å²) in [6.45, 7) is 15.5. The van der Waals surface area contributed by atoms with Gasteiger partial charge in [0.1, 0.15) is 0 Å². The van der Waals surface area contributed by atoms with Crippen LogP contribution in [0.25, 0.3) is 0 Å². The van der Waals surface area contributed by atoms with Crippen molar-refractivity contribution in [2.75, 3.05) is 98.3 Å². The smallest absolute Gasteiger partial charge is 0.242 e. The van der Waals surface area contributed by atoms with E-state index in [1.165, 1.54) is 167 Å². The lowest BCUT2D eigenvalue weighted by Crippen LogP contribution is -2.51. The fraction of sp³-hybridized carbons (Fsp3) is 0.923. The SMILES string of the molecule is CCCCCCCCCCCCN(CC(N)=O)C(=O)CN(CCCCCCCCCCCC)C(=O)CN(CCCCCCCCCCCC)C(=O)CN(CCCCCCCCCCCC)C(=O)CNCCCN1CCOCC1. The van der Waals surface area contributed by atoms with E-state index in [1.54, 1.807) is 19.6 Å². The zero-order chi connectivity index (χ0) is 56.8. The molecule has 13 heteroatoms. The van der Waals surface area contributed by atoms with Crippen molar-refractivity contribution in [1.29, 1.82) is 0 Å². The number of carbonyl (C=O) groups excluding carboxylic acids is 5. The minimum absolute atomic E-state index is 0.0701. The molecule has 458 valence electrons. The third-order valence-electron chi connectivity index (χ3n) is 16.1. The van der Waals surface area contributed by atoms with Crippen molar-refractivity contribution in [2.45, 2.75) is 291 Å². The van der Waals surface area contributed by atoms with E-state index in [1.807, 2.05) is 0 Å². The number of unbranched alkanes of at least 4 members (excludes halogenated alkanes) is 36. The lowest BCUT2D eigenvalue weighted by atomic mass is 10.1. The maximum absolute atomic E-state index is 14.7. The zero-order valence-electron chi connectivity index (χ0n) is 51.9. The van der Waals surface area contributed by atoms with Crippen LogP contribution in [0.15, 0.2) is 0 Å². The van der Waals surface area contributed by atoms with Crippen LogP contribution in [0.1, 0.15) is 291 Å². The van der Waals surface area contributed by atoms with Gasteiger partial charge >= 0.3 is 0 Å². The first-order valence-electron chi connectivity index (χ1n) is 33.6. The highest BCUT2D eigenvalue weighted by atomic mass is 16.5. The molecule has 1 fully saturated rings. The summed E-state index contributed by atoms with van der Waals surface area (Å²) < 4.78 is 5.52. The van der Waals surface area contributed by atoms with E-state index >= 15 is 0 Å². The second-order valence-electron chi connectivity index (χ2n) is 23.4. The number of nitrogens with two attached hydrogens (primary N) is 1. The first kappa shape index (κ1) is 73.2. The summed E-state index contributed by atoms with van der Waals surface area (Å²) >= 11 is 0. The van der Waals surface area contributed by atoms with Gasteiger partial charge in [0.25, 0.3) is 0 Å². The number of carbonyl (C=O) groups is 5. The molecule has 0 atom stereocenters. The van der Waals surface area contributed by atoms with Gasteiger partial charge < -0.3 is 35.4 Å². The summed E-state index contributed by atoms with van der Waals surface area (Å²) in [4.78, 5) is 79.1. The summed E-state index contributed by atoms with van der Waals surface area (Å²) in [5.74, 6) is -1.39. The molecular formula is C65H127N7O6. The molecule has 0 aromatic rings. The van der Waals surface area contributed by atoms with Gasteiger partial charge in [-0.15, -0.1) is 0 Å². The Morgan fingerprint density at radius 3 is 0.897 bits per heavy atom. The Hall–Kier alpha value is -2.77. The Labute approximate surface area is 481 Å². The van der Waals surface area contributed by atoms with Crippen LogP contribution in [0.3, 0.4) is 0 Å². The Bertz CT molecular complexity index is 1420. The van der Waals surface area contributed by atoms with Gasteiger partial charge in [-0.05, 0) is 45.2 Å². The summed E-state index contributed by atoms with van der Waals surface area (Å²) in [7, 11) is 0. The minimum Gasteiger partial charge on any atom is -0.379 e. The van der Waals surface area contributed by atoms with Gasteiger partial charge in [0.2, 0.25) is 29.5 Å². The fourth-order valence-corrected chi connectivity index (χ4v) is 10.9. The van der Waals surface area contributed by atoms with Crippen LogP contribution in [0.4, 0.5) is 0 Å². The van der Waals surface area contributed by atoms with Gasteiger partial charge in [-0.3, -0.25) is 28.9 Å². The normalized spacial score (nSPS) is 12.8. The van der Waals surface area contributed by atoms with Crippen LogP contribution in [-0.2, 0) is 28.7 Å². The molecule has 1 heterocycles. The minimum atomic E-state index is -0.559. The van der Waals surface area contributed by atoms with E-state index in [9.17, 15) is 24.0 Å². The zero-order valence-corrected chi connectivity index (χ0v) is 51.9. The number of primary amides is 1. The van der Waals surface area contributed by atoms with Crippen LogP contribution < -0.4 is 11.1 Å². The van der Waals surface area contributed by atoms with Crippen LogP contribution in [0.5, 0.6) is 0 Å². The quantitative estimate of drug-likeness (QED) is 0.0572. The highest BCUT2D eigenvalue weighted by molar-refractivity contribution is 5.91. The summed E-state index contributed by atoms with van der Waals surface area (Å²) in [6.07, 6.45) is 47.6. The lowest BCUT2D eigenvalue weighted by Gasteiger charge is -2.31. The van der Waals surface area contributed by atoms with Gasteiger partial charge in [0, 0.05) is 39.3 Å². The number of ether oxygens (including phenoxy) is 1. The average molecular weight is 1100 g/mol. The van der Waals surface area contributed by atoms with Crippen LogP contribution in [0.2, 0.25) is 0 Å². The molecule has 0 saturated carbocycles. The van der Waals surface area contributed by atoms with Gasteiger partial charge in [-0.1, -0.05) is 259 Å². The Morgan fingerprint density at radius 1 is 0.359 bits per heavy atom. The predicted octanol–water partition coefficient (Wildman–Crippen LogP) is 13.8. The molecule has 0 aromatic heterocycles. The maximum Gasteiger partial charge on any atom is 0.242 e. The summed E-state index contributed by atoms with van der Waals surface area (Å²) in [5.41, 5.74) is 5.73. The molecule has 1 saturated heterocycles. The number of rotatable bonds is 58. The number of amides is 5. The molecule has 1 aliphatic heterocycles. The van der Waals surface area contributed by atoms with E-state index in [0.29, 0.717) is 32.7 Å². The van der Waals surface area contributed by atoms with Crippen LogP contribution >= 0.6 is 0 Å². The number of hydrogen-bond donors (Lipinski definition) is 2. The molecule has 0 aromatic carbocycles. The summed E-state index contributed by atoms with van der Waals surface area (Å²) in [6, 6.07) is 0. The molecule has 13 nitrogen and oxygen atoms in total. The Morgan fingerprint density at radius 2 is 0.615 bits per heavy atom. The molecule has 0 bridgehead atoms. The van der Waals surface area contributed by atoms with Crippen molar-refractivity contribution in [2.24, 2.45) is 5.73 Å². The van der Waals surface area contributed by atoms with E-state index in [0.717, 1.165) is 129 Å². The first-order chi connectivity index (χ1) is 38.2. The first-order valence-corrected chi connectivity index (χ1v) is 33.6. The number of morpholine rings is 1. The van der Waals surface area contributed by atoms with Gasteiger partial charge in [-0.2, -0.15) is 0 Å². The topological polar surface area (TPSA) is 149 Å². The van der Waals surface area contributed by atoms with E-state index in [2.05, 4.69) is 37.9 Å². The number of nitrogens with one attached hydrogen (secondary N) is 1. The van der Waals surface area contributed by atoms with Gasteiger partial charge in [0.15, 0.2) is 0 Å². The molecule has 78 heavy (non-hydrogen) atoms. The van der Waals surface area contributed by atoms with Crippen LogP contribution in [0, 0.1) is 0 Å². The maximum atomic E-state index is 14.7. The molecule has 5 amide bonds. The predicted molar refractivity (Wildman–Crippen MR) is 328 cm³/mol. The Balaban J connectivity index is 3.25. The van der Waals surface area contributed by atoms with E-state index < -0.39 is 5.91 Å². The number of hydrogen-bond acceptors (Lipinski definition) is 8. The van der Waals surface area contributed by atoms with Crippen molar-refractivity contribution in [3.8, 4) is 0 Å². The van der Waals surface area contributed by atoms with Crippen molar-refractivity contribution in [3.05, 3.63) is 0 Å². The third kappa shape index (κ3) is 44.0. The van der Waals surface area contributed by atoms with Crippen molar-refractivity contribution >= 4 is 29.5 Å². The lowest BCUT2D eigenvalue weighted by molar-refractivity contribution is -0.146. The van der Waals surface area contributed by atoms with E-state index in [-0.39, 0.29) is 56.4 Å². The standard InChI is InChI=1S/C65H127N7O6/c1-5-9-13-17-21-25-29-33-37-41-48-69(57-61(66)73)63(75)59-71(50-43-39-35-31-27-23-19-15-11-7-3)65(77)60-72(51-44-40-36-32-28-24-20-16-12-8-4)64(76)58-70(49-42-38-34-30-26-22-18-14-10-6-2)62(74)56-67-46-45-47-68-52-54-78-55-53-68/h67H,5-60H2,1-4H3,(H2,66,73). The molecule has 3 N–H and O–H groups in total. The largest absolute Gasteiger partial charge is 0.379 e. The molecule has 0 spiro atoms. The van der Waals surface area contributed by atoms with Crippen molar-refractivity contribution in [3.63, 3.8) is 0 Å². The molecule has 0 unspecified atom stereocenters. The second-order valence-corrected chi connectivity index (χ2v) is 23.4. The van der Waals surface area contributed by atoms with Crippen molar-refractivity contribution < 1.29 is 28.7 Å². The average Bonchev–Trinajstić information content (AvgIpc) is 3.43. The molecule has 1 aliphatic rings. The van der Waals surface area contributed by atoms with Gasteiger partial charge in [0.05, 0.1) is 45.9 Å². The highest BCUT2D eigenvalue weighted by Gasteiger charge is 2.27. The number of nitrogens with zero attached hydrogens (tertiary/aromatic N) is 5. The highest BCUT2D eigenvalue weighted by Crippen LogP contribution is 2.16. The third-order valence-corrected chi connectivity index (χ3v) is 16.1. The summed E-state index contributed by atoms with van der Waals surface area (Å²) in [5, 5.41) is 3.38. The molecular weight excluding hydrogens is 975 g/mol. The Kier molecular flexibility index (Phi) is 51.5. The molecule has 0 radical (unpaired) electrons.